The van der Waals surface area contributed by atoms with Gasteiger partial charge in [-0.2, -0.15) is 13.2 Å². The lowest BCUT2D eigenvalue weighted by molar-refractivity contribution is -0.184. The summed E-state index contributed by atoms with van der Waals surface area (Å²) in [6.07, 6.45) is -2.70. The average molecular weight is 335 g/mol. The number of hydrogen-bond donors (Lipinski definition) is 1. The molecule has 5 heteroatoms. The third kappa shape index (κ3) is 3.89. The minimum Gasteiger partial charge on any atom is -0.353 e. The van der Waals surface area contributed by atoms with Crippen molar-refractivity contribution in [3.8, 4) is 0 Å². The topological polar surface area (TPSA) is 29.1 Å². The second kappa shape index (κ2) is 6.83. The molecule has 128 valence electrons. The van der Waals surface area contributed by atoms with E-state index in [-0.39, 0.29) is 31.2 Å². The Labute approximate surface area is 139 Å². The maximum atomic E-state index is 12.9. The molecule has 1 saturated carbocycles. The number of carbonyl (C=O) groups excluding carboxylic acids is 1. The van der Waals surface area contributed by atoms with Crippen LogP contribution in [0.3, 0.4) is 0 Å². The summed E-state index contributed by atoms with van der Waals surface area (Å²) in [4.78, 5) is 12.3. The van der Waals surface area contributed by atoms with Crippen molar-refractivity contribution in [1.82, 2.24) is 5.32 Å². The van der Waals surface area contributed by atoms with E-state index in [0.29, 0.717) is 12.8 Å². The zero-order chi connectivity index (χ0) is 17.2. The van der Waals surface area contributed by atoms with Gasteiger partial charge in [-0.15, -0.1) is 0 Å². The monoisotopic (exact) mass is 335 g/mol. The van der Waals surface area contributed by atoms with Crippen LogP contribution < -0.4 is 5.32 Å². The summed E-state index contributed by atoms with van der Waals surface area (Å²) in [7, 11) is 0. The SMILES string of the molecule is O=C(Cc1cccc2ccccc12)N[C@@H]1CCC[C@H](C(F)(F)F)C1. The number of hydrogen-bond acceptors (Lipinski definition) is 1. The third-order valence-electron chi connectivity index (χ3n) is 4.73. The average Bonchev–Trinajstić information content (AvgIpc) is 2.54. The van der Waals surface area contributed by atoms with E-state index in [1.54, 1.807) is 0 Å². The predicted molar refractivity (Wildman–Crippen MR) is 87.6 cm³/mol. The molecule has 1 N–H and O–H groups in total. The lowest BCUT2D eigenvalue weighted by Crippen LogP contribution is -2.42. The van der Waals surface area contributed by atoms with Gasteiger partial charge in [-0.25, -0.2) is 0 Å². The van der Waals surface area contributed by atoms with Gasteiger partial charge in [-0.3, -0.25) is 4.79 Å². The van der Waals surface area contributed by atoms with Gasteiger partial charge in [0, 0.05) is 6.04 Å². The van der Waals surface area contributed by atoms with Crippen LogP contribution in [-0.2, 0) is 11.2 Å². The molecule has 2 aromatic rings. The molecular formula is C19H20F3NO. The van der Waals surface area contributed by atoms with Crippen LogP contribution >= 0.6 is 0 Å². The summed E-state index contributed by atoms with van der Waals surface area (Å²) in [5.41, 5.74) is 0.897. The van der Waals surface area contributed by atoms with Gasteiger partial charge >= 0.3 is 6.18 Å². The van der Waals surface area contributed by atoms with E-state index in [1.165, 1.54) is 0 Å². The van der Waals surface area contributed by atoms with E-state index in [9.17, 15) is 18.0 Å². The molecule has 1 aliphatic carbocycles. The number of amides is 1. The van der Waals surface area contributed by atoms with Crippen molar-refractivity contribution in [2.24, 2.45) is 5.92 Å². The van der Waals surface area contributed by atoms with Crippen molar-refractivity contribution in [2.75, 3.05) is 0 Å². The number of benzene rings is 2. The molecule has 0 aliphatic heterocycles. The molecule has 0 aromatic heterocycles. The number of rotatable bonds is 3. The number of alkyl halides is 3. The molecule has 0 spiro atoms. The molecule has 0 bridgehead atoms. The zero-order valence-corrected chi connectivity index (χ0v) is 13.3. The first-order valence-electron chi connectivity index (χ1n) is 8.26. The second-order valence-corrected chi connectivity index (χ2v) is 6.48. The molecule has 2 atom stereocenters. The van der Waals surface area contributed by atoms with Gasteiger partial charge in [-0.1, -0.05) is 48.9 Å². The maximum absolute atomic E-state index is 12.9. The third-order valence-corrected chi connectivity index (χ3v) is 4.73. The summed E-state index contributed by atoms with van der Waals surface area (Å²) in [6.45, 7) is 0. The molecule has 1 aliphatic rings. The van der Waals surface area contributed by atoms with E-state index in [1.807, 2.05) is 42.5 Å². The van der Waals surface area contributed by atoms with Gasteiger partial charge in [0.25, 0.3) is 0 Å². The molecule has 0 heterocycles. The quantitative estimate of drug-likeness (QED) is 0.871. The van der Waals surface area contributed by atoms with Gasteiger partial charge in [0.15, 0.2) is 0 Å². The van der Waals surface area contributed by atoms with Crippen LogP contribution in [0.15, 0.2) is 42.5 Å². The number of fused-ring (bicyclic) bond motifs is 1. The van der Waals surface area contributed by atoms with Crippen molar-refractivity contribution in [3.63, 3.8) is 0 Å². The first-order valence-corrected chi connectivity index (χ1v) is 8.26. The summed E-state index contributed by atoms with van der Waals surface area (Å²) >= 11 is 0. The van der Waals surface area contributed by atoms with Crippen LogP contribution in [0.1, 0.15) is 31.2 Å². The molecular weight excluding hydrogens is 315 g/mol. The molecule has 2 aromatic carbocycles. The van der Waals surface area contributed by atoms with Gasteiger partial charge in [0.05, 0.1) is 12.3 Å². The van der Waals surface area contributed by atoms with Crippen LogP contribution in [0.25, 0.3) is 10.8 Å². The number of carbonyl (C=O) groups is 1. The Bertz CT molecular complexity index is 721. The summed E-state index contributed by atoms with van der Waals surface area (Å²) in [6, 6.07) is 13.2. The van der Waals surface area contributed by atoms with Crippen molar-refractivity contribution in [1.29, 1.82) is 0 Å². The van der Waals surface area contributed by atoms with Crippen molar-refractivity contribution in [3.05, 3.63) is 48.0 Å². The predicted octanol–water partition coefficient (Wildman–Crippen LogP) is 4.62. The molecule has 3 rings (SSSR count). The van der Waals surface area contributed by atoms with E-state index < -0.39 is 12.1 Å². The first kappa shape index (κ1) is 16.8. The molecule has 1 fully saturated rings. The maximum Gasteiger partial charge on any atom is 0.391 e. The van der Waals surface area contributed by atoms with E-state index in [4.69, 9.17) is 0 Å². The van der Waals surface area contributed by atoms with Crippen LogP contribution in [0.5, 0.6) is 0 Å². The Morgan fingerprint density at radius 1 is 1.08 bits per heavy atom. The number of nitrogens with one attached hydrogen (secondary N) is 1. The van der Waals surface area contributed by atoms with Crippen LogP contribution in [0.4, 0.5) is 13.2 Å². The standard InChI is InChI=1S/C19H20F3NO/c20-19(21,22)15-8-4-9-16(12-15)23-18(24)11-14-7-3-6-13-5-1-2-10-17(13)14/h1-3,5-7,10,15-16H,4,8-9,11-12H2,(H,23,24)/t15-,16+/m0/s1. The Hall–Kier alpha value is -2.04. The molecule has 0 saturated heterocycles. The van der Waals surface area contributed by atoms with Crippen LogP contribution in [0.2, 0.25) is 0 Å². The van der Waals surface area contributed by atoms with Gasteiger partial charge < -0.3 is 5.32 Å². The normalized spacial score (nSPS) is 21.6. The zero-order valence-electron chi connectivity index (χ0n) is 13.3. The molecule has 24 heavy (non-hydrogen) atoms. The van der Waals surface area contributed by atoms with Crippen molar-refractivity contribution in [2.45, 2.75) is 44.3 Å². The Kier molecular flexibility index (Phi) is 4.78. The van der Waals surface area contributed by atoms with Gasteiger partial charge in [0.1, 0.15) is 0 Å². The smallest absolute Gasteiger partial charge is 0.353 e. The first-order chi connectivity index (χ1) is 11.4. The van der Waals surface area contributed by atoms with E-state index in [0.717, 1.165) is 16.3 Å². The molecule has 0 radical (unpaired) electrons. The molecule has 0 unspecified atom stereocenters. The minimum atomic E-state index is -4.17. The van der Waals surface area contributed by atoms with Crippen LogP contribution in [-0.4, -0.2) is 18.1 Å². The Morgan fingerprint density at radius 2 is 1.83 bits per heavy atom. The Morgan fingerprint density at radius 3 is 2.62 bits per heavy atom. The fourth-order valence-corrected chi connectivity index (χ4v) is 3.52. The summed E-state index contributed by atoms with van der Waals surface area (Å²) in [5, 5.41) is 4.85. The minimum absolute atomic E-state index is 0.00915. The lowest BCUT2D eigenvalue weighted by Gasteiger charge is -2.31. The van der Waals surface area contributed by atoms with Crippen molar-refractivity contribution >= 4 is 16.7 Å². The highest BCUT2D eigenvalue weighted by Gasteiger charge is 2.42. The van der Waals surface area contributed by atoms with Crippen molar-refractivity contribution < 1.29 is 18.0 Å². The van der Waals surface area contributed by atoms with Gasteiger partial charge in [0.2, 0.25) is 5.91 Å². The number of halogens is 3. The fraction of sp³-hybridized carbons (Fsp3) is 0.421. The molecule has 1 amide bonds. The summed E-state index contributed by atoms with van der Waals surface area (Å²) < 4.78 is 38.6. The van der Waals surface area contributed by atoms with E-state index >= 15 is 0 Å². The highest BCUT2D eigenvalue weighted by Crippen LogP contribution is 2.37. The van der Waals surface area contributed by atoms with Crippen LogP contribution in [0, 0.1) is 5.92 Å². The van der Waals surface area contributed by atoms with E-state index in [2.05, 4.69) is 5.32 Å². The highest BCUT2D eigenvalue weighted by molar-refractivity contribution is 5.90. The highest BCUT2D eigenvalue weighted by atomic mass is 19.4. The Balaban J connectivity index is 1.65. The fourth-order valence-electron chi connectivity index (χ4n) is 3.52. The summed E-state index contributed by atoms with van der Waals surface area (Å²) in [5.74, 6) is -1.51. The molecule has 2 nitrogen and oxygen atoms in total. The lowest BCUT2D eigenvalue weighted by atomic mass is 9.85. The largest absolute Gasteiger partial charge is 0.391 e. The second-order valence-electron chi connectivity index (χ2n) is 6.48. The van der Waals surface area contributed by atoms with Gasteiger partial charge in [-0.05, 0) is 35.6 Å².